The van der Waals surface area contributed by atoms with Crippen molar-refractivity contribution in [3.63, 3.8) is 0 Å². The molecule has 1 fully saturated rings. The Balaban J connectivity index is 1.93. The van der Waals surface area contributed by atoms with E-state index < -0.39 is 21.2 Å². The Hall–Kier alpha value is -1.70. The highest BCUT2D eigenvalue weighted by atomic mass is 35.5. The highest BCUT2D eigenvalue weighted by molar-refractivity contribution is 7.91. The summed E-state index contributed by atoms with van der Waals surface area (Å²) in [7, 11) is 0.806. The van der Waals surface area contributed by atoms with Crippen LogP contribution in [0, 0.1) is 0 Å². The number of sulfone groups is 1. The molecule has 184 valence electrons. The van der Waals surface area contributed by atoms with Crippen LogP contribution in [0.2, 0.25) is 5.02 Å². The van der Waals surface area contributed by atoms with Gasteiger partial charge in [0.1, 0.15) is 23.8 Å². The van der Waals surface area contributed by atoms with Crippen molar-refractivity contribution in [3.8, 4) is 0 Å². The summed E-state index contributed by atoms with van der Waals surface area (Å²) in [5.74, 6) is 0.744. The summed E-state index contributed by atoms with van der Waals surface area (Å²) in [6, 6.07) is -0.312. The van der Waals surface area contributed by atoms with E-state index in [0.717, 1.165) is 12.8 Å². The van der Waals surface area contributed by atoms with Crippen LogP contribution in [0.3, 0.4) is 0 Å². The minimum absolute atomic E-state index is 0.233. The predicted octanol–water partition coefficient (Wildman–Crippen LogP) is 2.10. The van der Waals surface area contributed by atoms with Crippen molar-refractivity contribution in [2.75, 3.05) is 41.2 Å². The van der Waals surface area contributed by atoms with Gasteiger partial charge < -0.3 is 23.5 Å². The van der Waals surface area contributed by atoms with Gasteiger partial charge in [0.05, 0.1) is 29.5 Å². The summed E-state index contributed by atoms with van der Waals surface area (Å²) in [4.78, 5) is 8.25. The monoisotopic (exact) mass is 503 g/mol. The minimum Gasteiger partial charge on any atom is -0.382 e. The van der Waals surface area contributed by atoms with Crippen molar-refractivity contribution >= 4 is 21.4 Å². The number of methoxy groups -OCH3 is 3. The van der Waals surface area contributed by atoms with Crippen LogP contribution in [0.15, 0.2) is 12.4 Å². The molecule has 0 aromatic carbocycles. The van der Waals surface area contributed by atoms with Gasteiger partial charge in [-0.15, -0.1) is 10.2 Å². The molecule has 13 heteroatoms. The molecule has 0 amide bonds. The zero-order valence-electron chi connectivity index (χ0n) is 19.2. The van der Waals surface area contributed by atoms with Crippen molar-refractivity contribution in [2.24, 2.45) is 0 Å². The van der Waals surface area contributed by atoms with Crippen LogP contribution < -0.4 is 0 Å². The van der Waals surface area contributed by atoms with Crippen LogP contribution in [0.4, 0.5) is 0 Å². The van der Waals surface area contributed by atoms with E-state index in [9.17, 15) is 8.42 Å². The molecule has 3 heterocycles. The molecule has 3 atom stereocenters. The number of hydrogen-bond donors (Lipinski definition) is 0. The van der Waals surface area contributed by atoms with Gasteiger partial charge in [0.25, 0.3) is 0 Å². The van der Waals surface area contributed by atoms with Gasteiger partial charge >= 0.3 is 0 Å². The van der Waals surface area contributed by atoms with Gasteiger partial charge in [-0.2, -0.15) is 0 Å². The zero-order chi connectivity index (χ0) is 24.0. The predicted molar refractivity (Wildman–Crippen MR) is 120 cm³/mol. The van der Waals surface area contributed by atoms with E-state index in [0.29, 0.717) is 36.5 Å². The smallest absolute Gasteiger partial charge is 0.163 e. The summed E-state index contributed by atoms with van der Waals surface area (Å²) < 4.78 is 50.6. The van der Waals surface area contributed by atoms with E-state index in [1.54, 1.807) is 25.7 Å². The second-order valence-electron chi connectivity index (χ2n) is 7.84. The van der Waals surface area contributed by atoms with Crippen molar-refractivity contribution in [1.82, 2.24) is 24.7 Å². The average Bonchev–Trinajstić information content (AvgIpc) is 3.45. The molecule has 2 aromatic heterocycles. The highest BCUT2D eigenvalue weighted by Gasteiger charge is 2.36. The number of ether oxygens (including phenoxy) is 4. The fourth-order valence-electron chi connectivity index (χ4n) is 3.89. The molecule has 0 N–H and O–H groups in total. The third kappa shape index (κ3) is 6.06. The molecule has 3 rings (SSSR count). The lowest BCUT2D eigenvalue weighted by Gasteiger charge is -2.24. The van der Waals surface area contributed by atoms with Crippen LogP contribution in [0.1, 0.15) is 55.5 Å². The Morgan fingerprint density at radius 2 is 1.85 bits per heavy atom. The number of hydrogen-bond acceptors (Lipinski definition) is 10. The van der Waals surface area contributed by atoms with E-state index >= 15 is 0 Å². The van der Waals surface area contributed by atoms with Gasteiger partial charge in [-0.3, -0.25) is 0 Å². The fraction of sp³-hybridized carbons (Fsp3) is 0.700. The van der Waals surface area contributed by atoms with Crippen molar-refractivity contribution < 1.29 is 27.4 Å². The van der Waals surface area contributed by atoms with Gasteiger partial charge in [0.2, 0.25) is 0 Å². The van der Waals surface area contributed by atoms with E-state index in [1.165, 1.54) is 19.5 Å². The Bertz CT molecular complexity index is 991. The van der Waals surface area contributed by atoms with Gasteiger partial charge in [-0.25, -0.2) is 18.4 Å². The molecule has 1 aliphatic heterocycles. The van der Waals surface area contributed by atoms with Gasteiger partial charge in [0.15, 0.2) is 21.5 Å². The maximum Gasteiger partial charge on any atom is 0.163 e. The first-order valence-electron chi connectivity index (χ1n) is 10.6. The number of rotatable bonds is 12. The summed E-state index contributed by atoms with van der Waals surface area (Å²) in [6.45, 7) is 2.78. The minimum atomic E-state index is -3.76. The van der Waals surface area contributed by atoms with Crippen molar-refractivity contribution in [3.05, 3.63) is 34.9 Å². The molecule has 0 saturated carbocycles. The Kier molecular flexibility index (Phi) is 9.13. The van der Waals surface area contributed by atoms with Crippen LogP contribution >= 0.6 is 11.6 Å². The van der Waals surface area contributed by atoms with Gasteiger partial charge in [0, 0.05) is 40.3 Å². The normalized spacial score (nSPS) is 18.7. The summed E-state index contributed by atoms with van der Waals surface area (Å²) in [5, 5.41) is 7.93. The summed E-state index contributed by atoms with van der Waals surface area (Å²) in [5.41, 5.74) is 0. The molecule has 1 saturated heterocycles. The Morgan fingerprint density at radius 3 is 2.39 bits per heavy atom. The van der Waals surface area contributed by atoms with Crippen LogP contribution in [0.25, 0.3) is 0 Å². The molecule has 33 heavy (non-hydrogen) atoms. The van der Waals surface area contributed by atoms with Crippen molar-refractivity contribution in [2.45, 2.75) is 49.0 Å². The fourth-order valence-corrected chi connectivity index (χ4v) is 5.42. The number of aromatic nitrogens is 5. The first-order chi connectivity index (χ1) is 15.8. The third-order valence-electron chi connectivity index (χ3n) is 5.57. The first kappa shape index (κ1) is 25.9. The topological polar surface area (TPSA) is 128 Å². The molecule has 0 radical (unpaired) electrons. The number of nitrogens with zero attached hydrogens (tertiary/aromatic N) is 5. The van der Waals surface area contributed by atoms with Crippen LogP contribution in [-0.4, -0.2) is 79.6 Å². The zero-order valence-corrected chi connectivity index (χ0v) is 20.8. The molecular weight excluding hydrogens is 474 g/mol. The maximum atomic E-state index is 13.4. The van der Waals surface area contributed by atoms with Gasteiger partial charge in [-0.05, 0) is 19.8 Å². The average molecular weight is 504 g/mol. The second-order valence-corrected chi connectivity index (χ2v) is 10.6. The summed E-state index contributed by atoms with van der Waals surface area (Å²) >= 11 is 5.86. The lowest BCUT2D eigenvalue weighted by molar-refractivity contribution is 0.0709. The molecule has 0 aliphatic carbocycles. The van der Waals surface area contributed by atoms with E-state index in [4.69, 9.17) is 30.5 Å². The number of halogens is 1. The molecule has 2 aromatic rings. The molecule has 0 spiro atoms. The molecule has 0 unspecified atom stereocenters. The van der Waals surface area contributed by atoms with Crippen LogP contribution in [-0.2, 0) is 34.5 Å². The Labute approximate surface area is 198 Å². The van der Waals surface area contributed by atoms with E-state index in [-0.39, 0.29) is 23.7 Å². The quantitative estimate of drug-likeness (QED) is 0.424. The van der Waals surface area contributed by atoms with E-state index in [1.807, 2.05) is 0 Å². The lowest BCUT2D eigenvalue weighted by Crippen LogP contribution is -2.31. The Morgan fingerprint density at radius 1 is 1.18 bits per heavy atom. The lowest BCUT2D eigenvalue weighted by atomic mass is 10.2. The van der Waals surface area contributed by atoms with E-state index in [2.05, 4.69) is 20.2 Å². The SMILES string of the molecule is COCC(COC)n1c(CS(=O)(=O)[C@@H](C)[C@H](OC)c2ncc(Cl)cn2)nnc1[C@@H]1CCCO1. The van der Waals surface area contributed by atoms with Crippen LogP contribution in [0.5, 0.6) is 0 Å². The molecule has 11 nitrogen and oxygen atoms in total. The van der Waals surface area contributed by atoms with Crippen molar-refractivity contribution in [1.29, 1.82) is 0 Å². The highest BCUT2D eigenvalue weighted by Crippen LogP contribution is 2.31. The van der Waals surface area contributed by atoms with Gasteiger partial charge in [-0.1, -0.05) is 11.6 Å². The maximum absolute atomic E-state index is 13.4. The second kappa shape index (κ2) is 11.6. The summed E-state index contributed by atoms with van der Waals surface area (Å²) in [6.07, 6.45) is 3.36. The first-order valence-corrected chi connectivity index (χ1v) is 12.7. The standard InChI is InChI=1S/C20H30ClN5O6S/c1-13(18(31-4)19-22-8-14(21)9-23-19)33(27,28)12-17-24-25-20(16-6-5-7-32-16)26(17)15(10-29-2)11-30-3/h8-9,13,15-16,18H,5-7,10-12H2,1-4H3/t13-,16-,18-/m0/s1. The molecule has 0 bridgehead atoms. The largest absolute Gasteiger partial charge is 0.382 e. The third-order valence-corrected chi connectivity index (χ3v) is 7.80. The molecule has 1 aliphatic rings. The molecular formula is C20H30ClN5O6S.